The van der Waals surface area contributed by atoms with Gasteiger partial charge in [0.1, 0.15) is 6.61 Å². The van der Waals surface area contributed by atoms with Crippen LogP contribution in [0.3, 0.4) is 0 Å². The molecule has 0 aliphatic carbocycles. The van der Waals surface area contributed by atoms with Crippen LogP contribution in [0.25, 0.3) is 0 Å². The van der Waals surface area contributed by atoms with Gasteiger partial charge in [-0.05, 0) is 0 Å². The van der Waals surface area contributed by atoms with Crippen molar-refractivity contribution in [2.24, 2.45) is 0 Å². The molecule has 1 fully saturated rings. The molecule has 0 bridgehead atoms. The maximum absolute atomic E-state index is 10.3. The fraction of sp³-hybridized carbons (Fsp3) is 0.750. The van der Waals surface area contributed by atoms with E-state index in [0.29, 0.717) is 6.61 Å². The van der Waals surface area contributed by atoms with Crippen molar-refractivity contribution < 1.29 is 14.3 Å². The molecule has 0 amide bonds. The van der Waals surface area contributed by atoms with Crippen molar-refractivity contribution in [2.45, 2.75) is 0 Å². The van der Waals surface area contributed by atoms with Crippen molar-refractivity contribution in [3.8, 4) is 0 Å². The third-order valence-corrected chi connectivity index (χ3v) is 1.77. The molecule has 0 N–H and O–H groups in total. The fourth-order valence-corrected chi connectivity index (χ4v) is 1.11. The Hall–Kier alpha value is -0.610. The third-order valence-electron chi connectivity index (χ3n) is 1.77. The first-order valence-corrected chi connectivity index (χ1v) is 4.08. The first kappa shape index (κ1) is 9.48. The van der Waals surface area contributed by atoms with Gasteiger partial charge in [0.15, 0.2) is 0 Å². The van der Waals surface area contributed by atoms with Crippen LogP contribution in [0.15, 0.2) is 0 Å². The molecule has 12 heavy (non-hydrogen) atoms. The number of morpholine rings is 1. The van der Waals surface area contributed by atoms with E-state index in [9.17, 15) is 4.79 Å². The van der Waals surface area contributed by atoms with Crippen molar-refractivity contribution in [2.75, 3.05) is 39.5 Å². The van der Waals surface area contributed by atoms with Crippen LogP contribution in [-0.4, -0.2) is 50.3 Å². The third kappa shape index (κ3) is 3.69. The minimum absolute atomic E-state index is 0.433. The molecule has 0 saturated carbocycles. The van der Waals surface area contributed by atoms with E-state index in [1.54, 1.807) is 0 Å². The standard InChI is InChI=1S/C8H14NO3/c1-8(10)12-7-4-9-2-5-11-6-3-9/h1-7H2. The predicted octanol–water partition coefficient (Wildman–Crippen LogP) is -0.304. The van der Waals surface area contributed by atoms with Gasteiger partial charge in [-0.2, -0.15) is 0 Å². The summed E-state index contributed by atoms with van der Waals surface area (Å²) >= 11 is 0. The quantitative estimate of drug-likeness (QED) is 0.548. The van der Waals surface area contributed by atoms with E-state index in [4.69, 9.17) is 9.47 Å². The second-order valence-electron chi connectivity index (χ2n) is 2.67. The predicted molar refractivity (Wildman–Crippen MR) is 43.6 cm³/mol. The van der Waals surface area contributed by atoms with Crippen molar-refractivity contribution in [3.05, 3.63) is 6.92 Å². The summed E-state index contributed by atoms with van der Waals surface area (Å²) in [6, 6.07) is 0. The fourth-order valence-electron chi connectivity index (χ4n) is 1.11. The van der Waals surface area contributed by atoms with E-state index in [2.05, 4.69) is 11.8 Å². The van der Waals surface area contributed by atoms with Gasteiger partial charge in [0, 0.05) is 19.6 Å². The Kier molecular flexibility index (Phi) is 4.04. The average molecular weight is 172 g/mol. The lowest BCUT2D eigenvalue weighted by Crippen LogP contribution is -2.38. The maximum Gasteiger partial charge on any atom is 0.306 e. The van der Waals surface area contributed by atoms with Gasteiger partial charge in [-0.1, -0.05) is 0 Å². The van der Waals surface area contributed by atoms with E-state index >= 15 is 0 Å². The molecule has 1 rings (SSSR count). The van der Waals surface area contributed by atoms with Gasteiger partial charge in [-0.3, -0.25) is 9.69 Å². The monoisotopic (exact) mass is 172 g/mol. The molecule has 4 heteroatoms. The van der Waals surface area contributed by atoms with Gasteiger partial charge in [-0.25, -0.2) is 0 Å². The summed E-state index contributed by atoms with van der Waals surface area (Å²) in [4.78, 5) is 12.5. The van der Waals surface area contributed by atoms with Crippen molar-refractivity contribution >= 4 is 5.97 Å². The van der Waals surface area contributed by atoms with Crippen LogP contribution in [-0.2, 0) is 14.3 Å². The summed E-state index contributed by atoms with van der Waals surface area (Å²) < 4.78 is 9.88. The van der Waals surface area contributed by atoms with Crippen molar-refractivity contribution in [1.82, 2.24) is 4.90 Å². The Balaban J connectivity index is 2.01. The lowest BCUT2D eigenvalue weighted by atomic mass is 10.4. The minimum atomic E-state index is -0.455. The van der Waals surface area contributed by atoms with E-state index < -0.39 is 5.97 Å². The van der Waals surface area contributed by atoms with Gasteiger partial charge in [-0.15, -0.1) is 0 Å². The summed E-state index contributed by atoms with van der Waals surface area (Å²) in [5, 5.41) is 0. The molecule has 0 unspecified atom stereocenters. The van der Waals surface area contributed by atoms with Crippen LogP contribution in [0.1, 0.15) is 0 Å². The second kappa shape index (κ2) is 5.11. The maximum atomic E-state index is 10.3. The largest absolute Gasteiger partial charge is 0.464 e. The van der Waals surface area contributed by atoms with Gasteiger partial charge >= 0.3 is 5.97 Å². The molecule has 1 heterocycles. The summed E-state index contributed by atoms with van der Waals surface area (Å²) in [5.41, 5.74) is 0. The molecule has 1 aliphatic heterocycles. The number of hydrogen-bond donors (Lipinski definition) is 0. The highest BCUT2D eigenvalue weighted by Gasteiger charge is 2.09. The van der Waals surface area contributed by atoms with E-state index in [-0.39, 0.29) is 0 Å². The van der Waals surface area contributed by atoms with Gasteiger partial charge in [0.25, 0.3) is 0 Å². The molecule has 0 aromatic carbocycles. The smallest absolute Gasteiger partial charge is 0.306 e. The Morgan fingerprint density at radius 2 is 2.17 bits per heavy atom. The Morgan fingerprint density at radius 3 is 2.75 bits per heavy atom. The van der Waals surface area contributed by atoms with Crippen LogP contribution in [0.4, 0.5) is 0 Å². The topological polar surface area (TPSA) is 38.8 Å². The SMILES string of the molecule is [CH2]C(=O)OCCN1CCOCC1. The van der Waals surface area contributed by atoms with Crippen LogP contribution in [0.2, 0.25) is 0 Å². The highest BCUT2D eigenvalue weighted by molar-refractivity contribution is 5.73. The zero-order valence-corrected chi connectivity index (χ0v) is 7.12. The van der Waals surface area contributed by atoms with Gasteiger partial charge in [0.2, 0.25) is 0 Å². The molecule has 1 aliphatic rings. The zero-order valence-electron chi connectivity index (χ0n) is 7.12. The number of nitrogens with zero attached hydrogens (tertiary/aromatic N) is 1. The molecular weight excluding hydrogens is 158 g/mol. The number of hydrogen-bond acceptors (Lipinski definition) is 4. The van der Waals surface area contributed by atoms with Crippen LogP contribution in [0.5, 0.6) is 0 Å². The Labute approximate surface area is 72.4 Å². The molecule has 0 spiro atoms. The Morgan fingerprint density at radius 1 is 1.50 bits per heavy atom. The average Bonchev–Trinajstić information content (AvgIpc) is 2.05. The number of carbonyl (C=O) groups excluding carboxylic acids is 1. The molecule has 4 nitrogen and oxygen atoms in total. The summed E-state index contributed by atoms with van der Waals surface area (Å²) in [6.45, 7) is 7.73. The van der Waals surface area contributed by atoms with Gasteiger partial charge in [0.05, 0.1) is 20.1 Å². The van der Waals surface area contributed by atoms with E-state index in [1.165, 1.54) is 0 Å². The minimum Gasteiger partial charge on any atom is -0.464 e. The van der Waals surface area contributed by atoms with E-state index in [1.807, 2.05) is 0 Å². The number of esters is 1. The van der Waals surface area contributed by atoms with Crippen molar-refractivity contribution in [3.63, 3.8) is 0 Å². The molecule has 1 saturated heterocycles. The zero-order chi connectivity index (χ0) is 8.81. The second-order valence-corrected chi connectivity index (χ2v) is 2.67. The Bertz CT molecular complexity index is 143. The van der Waals surface area contributed by atoms with Crippen LogP contribution in [0, 0.1) is 6.92 Å². The van der Waals surface area contributed by atoms with Crippen molar-refractivity contribution in [1.29, 1.82) is 0 Å². The molecule has 0 atom stereocenters. The molecule has 0 aromatic heterocycles. The van der Waals surface area contributed by atoms with Gasteiger partial charge < -0.3 is 9.47 Å². The number of rotatable bonds is 3. The number of ether oxygens (including phenoxy) is 2. The summed E-state index contributed by atoms with van der Waals surface area (Å²) in [6.07, 6.45) is 0. The number of carbonyl (C=O) groups is 1. The molecular formula is C8H14NO3. The van der Waals surface area contributed by atoms with Crippen LogP contribution >= 0.6 is 0 Å². The molecule has 0 aromatic rings. The van der Waals surface area contributed by atoms with Crippen LogP contribution < -0.4 is 0 Å². The molecule has 69 valence electrons. The summed E-state index contributed by atoms with van der Waals surface area (Å²) in [7, 11) is 0. The van der Waals surface area contributed by atoms with E-state index in [0.717, 1.165) is 32.8 Å². The first-order chi connectivity index (χ1) is 5.79. The highest BCUT2D eigenvalue weighted by atomic mass is 16.5. The first-order valence-electron chi connectivity index (χ1n) is 4.08. The summed E-state index contributed by atoms with van der Waals surface area (Å²) in [5.74, 6) is -0.455. The lowest BCUT2D eigenvalue weighted by Gasteiger charge is -2.25. The highest BCUT2D eigenvalue weighted by Crippen LogP contribution is 1.95. The molecule has 1 radical (unpaired) electrons. The normalized spacial score (nSPS) is 19.1. The lowest BCUT2D eigenvalue weighted by molar-refractivity contribution is -0.138.